The molecule has 1 aliphatic carbocycles. The molecule has 1 aliphatic rings. The maximum absolute atomic E-state index is 12.6. The lowest BCUT2D eigenvalue weighted by molar-refractivity contribution is -0.118. The number of nitrogens with two attached hydrogens (primary N) is 2. The molecule has 0 spiro atoms. The van der Waals surface area contributed by atoms with Gasteiger partial charge in [-0.25, -0.2) is 0 Å². The second kappa shape index (κ2) is 10.6. The second-order valence-corrected chi connectivity index (χ2v) is 11.2. The minimum Gasteiger partial charge on any atom is -0.369 e. The maximum Gasteiger partial charge on any atom is 0.297 e. The number of carbonyl (C=O) groups is 2. The first-order valence-electron chi connectivity index (χ1n) is 10.6. The topological polar surface area (TPSA) is 173 Å². The molecular formula is C22H26N2O8S2. The minimum atomic E-state index is -4.10. The fourth-order valence-electron chi connectivity index (χ4n) is 3.70. The first-order chi connectivity index (χ1) is 15.9. The molecule has 0 heterocycles. The normalized spacial score (nSPS) is 18.9. The zero-order chi connectivity index (χ0) is 24.9. The molecule has 2 unspecified atom stereocenters. The third-order valence-corrected chi connectivity index (χ3v) is 8.03. The average molecular weight is 511 g/mol. The largest absolute Gasteiger partial charge is 0.369 e. The van der Waals surface area contributed by atoms with Crippen LogP contribution in [-0.2, 0) is 51.0 Å². The van der Waals surface area contributed by atoms with Crippen molar-refractivity contribution in [1.29, 1.82) is 0 Å². The van der Waals surface area contributed by atoms with Crippen LogP contribution in [0.1, 0.15) is 36.8 Å². The molecule has 2 amide bonds. The molecule has 0 radical (unpaired) electrons. The summed E-state index contributed by atoms with van der Waals surface area (Å²) in [6, 6.07) is 11.2. The van der Waals surface area contributed by atoms with Crippen LogP contribution in [0.2, 0.25) is 0 Å². The van der Waals surface area contributed by atoms with Gasteiger partial charge in [-0.15, -0.1) is 0 Å². The van der Waals surface area contributed by atoms with Crippen LogP contribution in [0.15, 0.2) is 58.3 Å². The summed E-state index contributed by atoms with van der Waals surface area (Å²) in [4.78, 5) is 21.8. The van der Waals surface area contributed by atoms with E-state index in [1.54, 1.807) is 0 Å². The monoisotopic (exact) mass is 510 g/mol. The zero-order valence-corrected chi connectivity index (χ0v) is 19.9. The summed E-state index contributed by atoms with van der Waals surface area (Å²) in [6.07, 6.45) is -0.0463. The highest BCUT2D eigenvalue weighted by molar-refractivity contribution is 7.87. The summed E-state index contributed by atoms with van der Waals surface area (Å²) in [5.74, 6) is -1.06. The van der Waals surface area contributed by atoms with Gasteiger partial charge in [-0.05, 0) is 54.7 Å². The number of hydrogen-bond acceptors (Lipinski definition) is 8. The molecule has 0 bridgehead atoms. The van der Waals surface area contributed by atoms with Crippen molar-refractivity contribution < 1.29 is 34.8 Å². The lowest BCUT2D eigenvalue weighted by Crippen LogP contribution is -2.31. The molecular weight excluding hydrogens is 484 g/mol. The lowest BCUT2D eigenvalue weighted by atomic mass is 9.95. The molecule has 12 heteroatoms. The maximum atomic E-state index is 12.6. The molecule has 2 aromatic carbocycles. The average Bonchev–Trinajstić information content (AvgIpc) is 2.73. The molecule has 0 aromatic heterocycles. The van der Waals surface area contributed by atoms with Crippen LogP contribution >= 0.6 is 0 Å². The van der Waals surface area contributed by atoms with Gasteiger partial charge in [0.1, 0.15) is 0 Å². The van der Waals surface area contributed by atoms with Crippen molar-refractivity contribution in [3.05, 3.63) is 59.7 Å². The van der Waals surface area contributed by atoms with Crippen LogP contribution in [0, 0.1) is 0 Å². The highest BCUT2D eigenvalue weighted by Crippen LogP contribution is 2.29. The smallest absolute Gasteiger partial charge is 0.297 e. The predicted molar refractivity (Wildman–Crippen MR) is 121 cm³/mol. The highest BCUT2D eigenvalue weighted by Gasteiger charge is 2.31. The molecule has 2 aromatic rings. The number of carbonyl (C=O) groups excluding carboxylic acids is 2. The van der Waals surface area contributed by atoms with Gasteiger partial charge in [0, 0.05) is 6.42 Å². The Morgan fingerprint density at radius 1 is 0.706 bits per heavy atom. The van der Waals surface area contributed by atoms with Crippen molar-refractivity contribution in [2.45, 2.75) is 60.5 Å². The Hall–Kier alpha value is -2.80. The molecule has 3 rings (SSSR count). The van der Waals surface area contributed by atoms with Crippen LogP contribution in [0.4, 0.5) is 0 Å². The Morgan fingerprint density at radius 2 is 1.06 bits per heavy atom. The van der Waals surface area contributed by atoms with E-state index < -0.39 is 44.3 Å². The van der Waals surface area contributed by atoms with Gasteiger partial charge in [0.15, 0.2) is 0 Å². The third kappa shape index (κ3) is 7.10. The van der Waals surface area contributed by atoms with E-state index in [0.717, 1.165) is 0 Å². The molecule has 0 saturated heterocycles. The van der Waals surface area contributed by atoms with E-state index in [2.05, 4.69) is 0 Å². The SMILES string of the molecule is NC(=O)Cc1ccc(S(=O)(=O)OC2CCCC(OS(=O)(=O)c3ccc(CC(N)=O)cc3)C2)cc1. The molecule has 10 nitrogen and oxygen atoms in total. The Balaban J connectivity index is 1.63. The zero-order valence-electron chi connectivity index (χ0n) is 18.3. The Bertz CT molecular complexity index is 1140. The first-order valence-corrected chi connectivity index (χ1v) is 13.4. The van der Waals surface area contributed by atoms with Crippen molar-refractivity contribution in [3.63, 3.8) is 0 Å². The summed E-state index contributed by atoms with van der Waals surface area (Å²) < 4.78 is 61.3. The van der Waals surface area contributed by atoms with E-state index in [-0.39, 0.29) is 29.1 Å². The summed E-state index contributed by atoms with van der Waals surface area (Å²) in [5.41, 5.74) is 11.4. The number of rotatable bonds is 10. The number of amides is 2. The Labute approximate surface area is 198 Å². The van der Waals surface area contributed by atoms with Gasteiger partial charge < -0.3 is 11.5 Å². The van der Waals surface area contributed by atoms with Gasteiger partial charge in [-0.2, -0.15) is 16.8 Å². The molecule has 4 N–H and O–H groups in total. The number of primary amides is 2. The van der Waals surface area contributed by atoms with Gasteiger partial charge >= 0.3 is 0 Å². The van der Waals surface area contributed by atoms with E-state index >= 15 is 0 Å². The summed E-state index contributed by atoms with van der Waals surface area (Å²) in [6.45, 7) is 0. The summed E-state index contributed by atoms with van der Waals surface area (Å²) >= 11 is 0. The van der Waals surface area contributed by atoms with E-state index in [1.807, 2.05) is 0 Å². The first kappa shape index (κ1) is 25.8. The van der Waals surface area contributed by atoms with Crippen molar-refractivity contribution in [3.8, 4) is 0 Å². The Kier molecular flexibility index (Phi) is 8.08. The van der Waals surface area contributed by atoms with E-state index in [1.165, 1.54) is 48.5 Å². The molecule has 1 saturated carbocycles. The highest BCUT2D eigenvalue weighted by atomic mass is 32.2. The van der Waals surface area contributed by atoms with Crippen LogP contribution in [0.3, 0.4) is 0 Å². The lowest BCUT2D eigenvalue weighted by Gasteiger charge is -2.28. The summed E-state index contributed by atoms with van der Waals surface area (Å²) in [5, 5.41) is 0. The molecule has 34 heavy (non-hydrogen) atoms. The minimum absolute atomic E-state index is 0.00876. The fourth-order valence-corrected chi connectivity index (χ4v) is 5.92. The van der Waals surface area contributed by atoms with E-state index in [4.69, 9.17) is 19.8 Å². The number of benzene rings is 2. The van der Waals surface area contributed by atoms with E-state index in [9.17, 15) is 26.4 Å². The van der Waals surface area contributed by atoms with Crippen molar-refractivity contribution in [1.82, 2.24) is 0 Å². The third-order valence-electron chi connectivity index (χ3n) is 5.28. The van der Waals surface area contributed by atoms with Gasteiger partial charge in [-0.3, -0.25) is 18.0 Å². The predicted octanol–water partition coefficient (Wildman–Crippen LogP) is 1.16. The second-order valence-electron chi connectivity index (χ2n) is 8.09. The number of hydrogen-bond donors (Lipinski definition) is 2. The van der Waals surface area contributed by atoms with Crippen LogP contribution in [-0.4, -0.2) is 40.9 Å². The van der Waals surface area contributed by atoms with Gasteiger partial charge in [-0.1, -0.05) is 24.3 Å². The fraction of sp³-hybridized carbons (Fsp3) is 0.364. The van der Waals surface area contributed by atoms with Gasteiger partial charge in [0.25, 0.3) is 20.2 Å². The summed E-state index contributed by atoms with van der Waals surface area (Å²) in [7, 11) is -8.20. The molecule has 0 aliphatic heterocycles. The quantitative estimate of drug-likeness (QED) is 0.448. The van der Waals surface area contributed by atoms with Crippen LogP contribution in [0.25, 0.3) is 0 Å². The van der Waals surface area contributed by atoms with Gasteiger partial charge in [0.2, 0.25) is 11.8 Å². The standard InChI is InChI=1S/C22H26N2O8S2/c23-21(25)12-15-4-8-19(9-5-15)33(27,28)31-17-2-1-3-18(14-17)32-34(29,30)20-10-6-16(7-11-20)13-22(24)26/h4-11,17-18H,1-3,12-14H2,(H2,23,25)(H2,24,26). The molecule has 1 fully saturated rings. The van der Waals surface area contributed by atoms with Crippen molar-refractivity contribution in [2.24, 2.45) is 11.5 Å². The van der Waals surface area contributed by atoms with Crippen molar-refractivity contribution in [2.75, 3.05) is 0 Å². The van der Waals surface area contributed by atoms with E-state index in [0.29, 0.717) is 30.4 Å². The molecule has 2 atom stereocenters. The molecule has 184 valence electrons. The van der Waals surface area contributed by atoms with Crippen LogP contribution in [0.5, 0.6) is 0 Å². The Morgan fingerprint density at radius 3 is 1.38 bits per heavy atom. The van der Waals surface area contributed by atoms with Gasteiger partial charge in [0.05, 0.1) is 34.8 Å². The van der Waals surface area contributed by atoms with Crippen molar-refractivity contribution >= 4 is 32.1 Å². The van der Waals surface area contributed by atoms with Crippen LogP contribution < -0.4 is 11.5 Å².